The van der Waals surface area contributed by atoms with Crippen molar-refractivity contribution in [2.24, 2.45) is 5.10 Å². The van der Waals surface area contributed by atoms with Crippen molar-refractivity contribution >= 4 is 35.3 Å². The van der Waals surface area contributed by atoms with E-state index in [-0.39, 0.29) is 21.9 Å². The number of hydrogen-bond donors (Lipinski definition) is 2. The van der Waals surface area contributed by atoms with Crippen LogP contribution in [0.15, 0.2) is 29.4 Å². The number of phenolic OH excluding ortho intramolecular Hbond substituents is 1. The van der Waals surface area contributed by atoms with Gasteiger partial charge in [0, 0.05) is 16.1 Å². The van der Waals surface area contributed by atoms with Crippen molar-refractivity contribution in [3.8, 4) is 23.0 Å². The Bertz CT molecular complexity index is 830. The molecule has 2 aromatic carbocycles. The molecule has 0 fully saturated rings. The van der Waals surface area contributed by atoms with Crippen LogP contribution < -0.4 is 19.6 Å². The molecule has 2 aromatic rings. The minimum Gasteiger partial charge on any atom is -0.506 e. The van der Waals surface area contributed by atoms with Crippen LogP contribution in [0, 0.1) is 0 Å². The molecule has 0 aliphatic carbocycles. The second kappa shape index (κ2) is 8.64. The monoisotopic (exact) mass is 398 g/mol. The number of ether oxygens (including phenoxy) is 3. The third-order valence-corrected chi connectivity index (χ3v) is 3.86. The van der Waals surface area contributed by atoms with Gasteiger partial charge in [0.15, 0.2) is 11.5 Å². The van der Waals surface area contributed by atoms with Gasteiger partial charge in [-0.3, -0.25) is 4.79 Å². The van der Waals surface area contributed by atoms with E-state index in [1.165, 1.54) is 51.8 Å². The topological polar surface area (TPSA) is 89.4 Å². The number of hydrazone groups is 1. The Hall–Kier alpha value is -2.64. The zero-order chi connectivity index (χ0) is 19.3. The predicted octanol–water partition coefficient (Wildman–Crippen LogP) is 3.49. The summed E-state index contributed by atoms with van der Waals surface area (Å²) in [6.45, 7) is 0. The molecule has 26 heavy (non-hydrogen) atoms. The lowest BCUT2D eigenvalue weighted by molar-refractivity contribution is 0.0954. The molecule has 0 saturated carbocycles. The molecular formula is C17H16Cl2N2O5. The van der Waals surface area contributed by atoms with Gasteiger partial charge < -0.3 is 19.3 Å². The van der Waals surface area contributed by atoms with Crippen molar-refractivity contribution < 1.29 is 24.1 Å². The Morgan fingerprint density at radius 2 is 1.69 bits per heavy atom. The van der Waals surface area contributed by atoms with Crippen LogP contribution in [0.2, 0.25) is 10.0 Å². The Kier molecular flexibility index (Phi) is 6.54. The lowest BCUT2D eigenvalue weighted by atomic mass is 10.1. The molecule has 9 heteroatoms. The maximum atomic E-state index is 12.3. The molecule has 1 amide bonds. The molecule has 0 spiro atoms. The molecule has 7 nitrogen and oxygen atoms in total. The highest BCUT2D eigenvalue weighted by Gasteiger charge is 2.16. The lowest BCUT2D eigenvalue weighted by Crippen LogP contribution is -2.18. The van der Waals surface area contributed by atoms with Crippen molar-refractivity contribution in [1.29, 1.82) is 0 Å². The van der Waals surface area contributed by atoms with Crippen LogP contribution in [0.5, 0.6) is 23.0 Å². The maximum Gasteiger partial charge on any atom is 0.271 e. The molecule has 0 bridgehead atoms. The van der Waals surface area contributed by atoms with Crippen LogP contribution in [-0.2, 0) is 0 Å². The maximum absolute atomic E-state index is 12.3. The summed E-state index contributed by atoms with van der Waals surface area (Å²) >= 11 is 11.7. The van der Waals surface area contributed by atoms with Crippen LogP contribution in [0.3, 0.4) is 0 Å². The standard InChI is InChI=1S/C17H16Cl2N2O5/c1-24-13-5-9(6-14(25-2)16(13)26-3)17(23)21-20-8-10-4-11(18)7-12(19)15(10)22/h4-8,22H,1-3H3,(H,21,23). The van der Waals surface area contributed by atoms with Crippen LogP contribution in [0.1, 0.15) is 15.9 Å². The molecule has 0 radical (unpaired) electrons. The number of nitrogens with zero attached hydrogens (tertiary/aromatic N) is 1. The Morgan fingerprint density at radius 3 is 2.23 bits per heavy atom. The minimum atomic E-state index is -0.520. The highest BCUT2D eigenvalue weighted by atomic mass is 35.5. The number of rotatable bonds is 6. The molecule has 0 atom stereocenters. The first-order valence-electron chi connectivity index (χ1n) is 7.22. The number of aromatic hydroxyl groups is 1. The molecule has 2 rings (SSSR count). The zero-order valence-electron chi connectivity index (χ0n) is 14.2. The van der Waals surface area contributed by atoms with Gasteiger partial charge in [-0.15, -0.1) is 0 Å². The largest absolute Gasteiger partial charge is 0.506 e. The summed E-state index contributed by atoms with van der Waals surface area (Å²) in [5.74, 6) is 0.323. The molecular weight excluding hydrogens is 383 g/mol. The molecule has 0 saturated heterocycles. The number of carbonyl (C=O) groups excluding carboxylic acids is 1. The van der Waals surface area contributed by atoms with Gasteiger partial charge in [0.25, 0.3) is 5.91 Å². The molecule has 2 N–H and O–H groups in total. The number of carbonyl (C=O) groups is 1. The molecule has 0 unspecified atom stereocenters. The van der Waals surface area contributed by atoms with Gasteiger partial charge >= 0.3 is 0 Å². The number of hydrogen-bond acceptors (Lipinski definition) is 6. The Labute approximate surface area is 160 Å². The second-order valence-electron chi connectivity index (χ2n) is 4.94. The number of halogens is 2. The number of nitrogens with one attached hydrogen (secondary N) is 1. The quantitative estimate of drug-likeness (QED) is 0.574. The van der Waals surface area contributed by atoms with Crippen molar-refractivity contribution in [2.75, 3.05) is 21.3 Å². The van der Waals surface area contributed by atoms with Crippen molar-refractivity contribution in [2.45, 2.75) is 0 Å². The third kappa shape index (κ3) is 4.30. The van der Waals surface area contributed by atoms with E-state index in [1.54, 1.807) is 0 Å². The number of phenols is 1. The molecule has 0 aliphatic heterocycles. The van der Waals surface area contributed by atoms with Gasteiger partial charge in [-0.25, -0.2) is 5.43 Å². The number of benzene rings is 2. The third-order valence-electron chi connectivity index (χ3n) is 3.35. The number of amides is 1. The summed E-state index contributed by atoms with van der Waals surface area (Å²) in [5, 5.41) is 14.1. The fourth-order valence-corrected chi connectivity index (χ4v) is 2.63. The van der Waals surface area contributed by atoms with E-state index in [1.807, 2.05) is 0 Å². The smallest absolute Gasteiger partial charge is 0.271 e. The number of methoxy groups -OCH3 is 3. The molecule has 138 valence electrons. The lowest BCUT2D eigenvalue weighted by Gasteiger charge is -2.13. The first kappa shape index (κ1) is 19.7. The van der Waals surface area contributed by atoms with E-state index in [4.69, 9.17) is 37.4 Å². The van der Waals surface area contributed by atoms with Gasteiger partial charge in [0.2, 0.25) is 5.75 Å². The van der Waals surface area contributed by atoms with Crippen LogP contribution in [0.25, 0.3) is 0 Å². The van der Waals surface area contributed by atoms with Gasteiger partial charge in [0.05, 0.1) is 32.6 Å². The normalized spacial score (nSPS) is 10.7. The van der Waals surface area contributed by atoms with Crippen molar-refractivity contribution in [3.63, 3.8) is 0 Å². The average Bonchev–Trinajstić information content (AvgIpc) is 2.63. The predicted molar refractivity (Wildman–Crippen MR) is 99.3 cm³/mol. The fraction of sp³-hybridized carbons (Fsp3) is 0.176. The summed E-state index contributed by atoms with van der Waals surface area (Å²) in [7, 11) is 4.36. The van der Waals surface area contributed by atoms with Gasteiger partial charge in [-0.05, 0) is 24.3 Å². The van der Waals surface area contributed by atoms with Gasteiger partial charge in [0.1, 0.15) is 5.75 Å². The summed E-state index contributed by atoms with van der Waals surface area (Å²) in [5.41, 5.74) is 2.83. The highest BCUT2D eigenvalue weighted by molar-refractivity contribution is 6.36. The van der Waals surface area contributed by atoms with Crippen molar-refractivity contribution in [3.05, 3.63) is 45.4 Å². The highest BCUT2D eigenvalue weighted by Crippen LogP contribution is 2.38. The van der Waals surface area contributed by atoms with E-state index in [0.717, 1.165) is 0 Å². The van der Waals surface area contributed by atoms with E-state index in [0.29, 0.717) is 22.3 Å². The minimum absolute atomic E-state index is 0.0786. The Balaban J connectivity index is 2.23. The Morgan fingerprint density at radius 1 is 1.08 bits per heavy atom. The van der Waals surface area contributed by atoms with Gasteiger partial charge in [-0.2, -0.15) is 5.10 Å². The van der Waals surface area contributed by atoms with E-state index in [9.17, 15) is 9.90 Å². The molecule has 0 heterocycles. The van der Waals surface area contributed by atoms with Crippen LogP contribution in [0.4, 0.5) is 0 Å². The molecule has 0 aromatic heterocycles. The van der Waals surface area contributed by atoms with E-state index in [2.05, 4.69) is 10.5 Å². The van der Waals surface area contributed by atoms with Crippen LogP contribution in [-0.4, -0.2) is 38.6 Å². The molecule has 0 aliphatic rings. The van der Waals surface area contributed by atoms with Crippen molar-refractivity contribution in [1.82, 2.24) is 5.43 Å². The summed E-state index contributed by atoms with van der Waals surface area (Å²) in [6.07, 6.45) is 1.23. The van der Waals surface area contributed by atoms with E-state index >= 15 is 0 Å². The zero-order valence-corrected chi connectivity index (χ0v) is 15.7. The van der Waals surface area contributed by atoms with E-state index < -0.39 is 5.91 Å². The second-order valence-corrected chi connectivity index (χ2v) is 5.78. The first-order chi connectivity index (χ1) is 12.4. The van der Waals surface area contributed by atoms with Crippen LogP contribution >= 0.6 is 23.2 Å². The first-order valence-corrected chi connectivity index (χ1v) is 7.98. The summed E-state index contributed by atoms with van der Waals surface area (Å²) in [4.78, 5) is 12.3. The summed E-state index contributed by atoms with van der Waals surface area (Å²) < 4.78 is 15.6. The summed E-state index contributed by atoms with van der Waals surface area (Å²) in [6, 6.07) is 5.82. The average molecular weight is 399 g/mol. The van der Waals surface area contributed by atoms with Gasteiger partial charge in [-0.1, -0.05) is 23.2 Å². The fourth-order valence-electron chi connectivity index (χ4n) is 2.12. The SMILES string of the molecule is COc1cc(C(=O)NN=Cc2cc(Cl)cc(Cl)c2O)cc(OC)c1OC.